The Morgan fingerprint density at radius 3 is 2.27 bits per heavy atom. The van der Waals surface area contributed by atoms with Gasteiger partial charge in [0, 0.05) is 0 Å². The summed E-state index contributed by atoms with van der Waals surface area (Å²) in [6, 6.07) is 18.6. The first kappa shape index (κ1) is 24.6. The van der Waals surface area contributed by atoms with Crippen molar-refractivity contribution in [1.82, 2.24) is 4.90 Å². The van der Waals surface area contributed by atoms with Crippen molar-refractivity contribution < 1.29 is 33.2 Å². The Morgan fingerprint density at radius 2 is 1.59 bits per heavy atom. The molecule has 37 heavy (non-hydrogen) atoms. The minimum absolute atomic E-state index is 0.128. The van der Waals surface area contributed by atoms with Gasteiger partial charge in [-0.15, -0.1) is 0 Å². The standard InChI is InChI=1S/C29H33NO7/c1-28(2)32-17-21(35-28)24-22(25-27(34-24)37-29(3,4)36-25)30-20(16-15-18-11-7-5-8-12-18)23(26(30)31)33-19-13-9-6-10-14-19/h5-16,20-25,27H,17H2,1-4H3/b16-15+/t20-,21-,22+,23+,24+,25-,27-/m1/s1. The second-order valence-electron chi connectivity index (χ2n) is 10.8. The number of benzene rings is 2. The third-order valence-electron chi connectivity index (χ3n) is 7.19. The number of ether oxygens (including phenoxy) is 6. The first-order valence-corrected chi connectivity index (χ1v) is 12.8. The van der Waals surface area contributed by atoms with Crippen LogP contribution in [0.5, 0.6) is 5.75 Å². The molecule has 2 aromatic rings. The molecule has 0 N–H and O–H groups in total. The van der Waals surface area contributed by atoms with Gasteiger partial charge in [-0.3, -0.25) is 4.79 Å². The molecule has 196 valence electrons. The average molecular weight is 508 g/mol. The van der Waals surface area contributed by atoms with E-state index in [9.17, 15) is 4.79 Å². The Morgan fingerprint density at radius 1 is 0.892 bits per heavy atom. The van der Waals surface area contributed by atoms with Crippen molar-refractivity contribution in [3.05, 3.63) is 72.3 Å². The number of β-lactam (4-membered cyclic amide) rings is 1. The monoisotopic (exact) mass is 507 g/mol. The SMILES string of the molecule is CC1(C)O[C@H]2O[C@@H]([C@H]3COC(C)(C)O3)[C@H](N3C(=O)[C@@H](Oc4ccccc4)[C@H]3/C=C/c3ccccc3)[C@H]2O1. The molecule has 0 unspecified atom stereocenters. The number of likely N-dealkylation sites (tertiary alicyclic amines) is 1. The quantitative estimate of drug-likeness (QED) is 0.551. The summed E-state index contributed by atoms with van der Waals surface area (Å²) in [4.78, 5) is 15.6. The summed E-state index contributed by atoms with van der Waals surface area (Å²) in [5.74, 6) is -1.04. The molecule has 2 aromatic carbocycles. The van der Waals surface area contributed by atoms with E-state index >= 15 is 0 Å². The van der Waals surface area contributed by atoms with Gasteiger partial charge in [0.1, 0.15) is 24.1 Å². The lowest BCUT2D eigenvalue weighted by Gasteiger charge is -2.50. The van der Waals surface area contributed by atoms with Crippen LogP contribution >= 0.6 is 0 Å². The Bertz CT molecular complexity index is 1150. The molecular weight excluding hydrogens is 474 g/mol. The lowest BCUT2D eigenvalue weighted by Crippen LogP contribution is -2.72. The molecule has 8 heteroatoms. The van der Waals surface area contributed by atoms with Crippen LogP contribution in [0.2, 0.25) is 0 Å². The van der Waals surface area contributed by atoms with Crippen LogP contribution in [0, 0.1) is 0 Å². The van der Waals surface area contributed by atoms with Crippen LogP contribution < -0.4 is 4.74 Å². The molecule has 4 saturated heterocycles. The molecule has 0 bridgehead atoms. The number of para-hydroxylation sites is 1. The van der Waals surface area contributed by atoms with Gasteiger partial charge >= 0.3 is 0 Å². The molecule has 1 amide bonds. The van der Waals surface area contributed by atoms with Crippen LogP contribution in [-0.2, 0) is 28.5 Å². The lowest BCUT2D eigenvalue weighted by molar-refractivity contribution is -0.232. The highest BCUT2D eigenvalue weighted by molar-refractivity contribution is 5.90. The average Bonchev–Trinajstić information content (AvgIpc) is 3.50. The normalized spacial score (nSPS) is 36.1. The first-order valence-electron chi connectivity index (χ1n) is 12.8. The summed E-state index contributed by atoms with van der Waals surface area (Å²) < 4.78 is 36.9. The van der Waals surface area contributed by atoms with Crippen LogP contribution in [0.4, 0.5) is 0 Å². The molecule has 4 aliphatic heterocycles. The van der Waals surface area contributed by atoms with E-state index in [1.165, 1.54) is 0 Å². The third kappa shape index (κ3) is 4.69. The summed E-state index contributed by atoms with van der Waals surface area (Å²) in [6.07, 6.45) is 1.42. The van der Waals surface area contributed by atoms with E-state index in [1.807, 2.05) is 105 Å². The highest BCUT2D eigenvalue weighted by Gasteiger charge is 2.65. The first-order chi connectivity index (χ1) is 17.7. The molecule has 0 spiro atoms. The maximum atomic E-state index is 13.8. The predicted molar refractivity (Wildman–Crippen MR) is 134 cm³/mol. The van der Waals surface area contributed by atoms with Crippen LogP contribution in [-0.4, -0.2) is 71.8 Å². The van der Waals surface area contributed by atoms with Gasteiger partial charge in [0.05, 0.1) is 18.7 Å². The summed E-state index contributed by atoms with van der Waals surface area (Å²) in [5.41, 5.74) is 1.04. The van der Waals surface area contributed by atoms with Gasteiger partial charge in [-0.1, -0.05) is 60.7 Å². The van der Waals surface area contributed by atoms with Crippen molar-refractivity contribution in [2.45, 2.75) is 82.1 Å². The van der Waals surface area contributed by atoms with Crippen molar-refractivity contribution in [3.8, 4) is 5.75 Å². The van der Waals surface area contributed by atoms with Gasteiger partial charge in [0.2, 0.25) is 6.10 Å². The molecule has 0 saturated carbocycles. The number of carbonyl (C=O) groups is 1. The van der Waals surface area contributed by atoms with Crippen molar-refractivity contribution in [2.75, 3.05) is 6.61 Å². The van der Waals surface area contributed by atoms with E-state index < -0.39 is 42.2 Å². The fraction of sp³-hybridized carbons (Fsp3) is 0.483. The van der Waals surface area contributed by atoms with E-state index in [4.69, 9.17) is 28.4 Å². The maximum absolute atomic E-state index is 13.8. The number of hydrogen-bond acceptors (Lipinski definition) is 7. The highest BCUT2D eigenvalue weighted by Crippen LogP contribution is 2.45. The van der Waals surface area contributed by atoms with Gasteiger partial charge in [0.25, 0.3) is 5.91 Å². The molecule has 7 atom stereocenters. The Hall–Kier alpha value is -2.75. The lowest BCUT2D eigenvalue weighted by atomic mass is 9.89. The van der Waals surface area contributed by atoms with Crippen LogP contribution in [0.1, 0.15) is 33.3 Å². The second-order valence-corrected chi connectivity index (χ2v) is 10.8. The number of amides is 1. The molecule has 6 rings (SSSR count). The maximum Gasteiger partial charge on any atom is 0.267 e. The summed E-state index contributed by atoms with van der Waals surface area (Å²) in [6.45, 7) is 7.80. The topological polar surface area (TPSA) is 75.7 Å². The summed E-state index contributed by atoms with van der Waals surface area (Å²) in [7, 11) is 0. The third-order valence-corrected chi connectivity index (χ3v) is 7.19. The smallest absolute Gasteiger partial charge is 0.267 e. The number of carbonyl (C=O) groups excluding carboxylic acids is 1. The largest absolute Gasteiger partial charge is 0.478 e. The summed E-state index contributed by atoms with van der Waals surface area (Å²) >= 11 is 0. The second kappa shape index (κ2) is 9.22. The van der Waals surface area contributed by atoms with Crippen LogP contribution in [0.25, 0.3) is 6.08 Å². The zero-order chi connectivity index (χ0) is 25.8. The van der Waals surface area contributed by atoms with Crippen molar-refractivity contribution >= 4 is 12.0 Å². The molecule has 0 aliphatic carbocycles. The Kier molecular flexibility index (Phi) is 6.12. The van der Waals surface area contributed by atoms with Gasteiger partial charge < -0.3 is 33.3 Å². The summed E-state index contributed by atoms with van der Waals surface area (Å²) in [5, 5.41) is 0. The Balaban J connectivity index is 1.33. The molecular formula is C29H33NO7. The zero-order valence-corrected chi connectivity index (χ0v) is 21.5. The minimum Gasteiger partial charge on any atom is -0.478 e. The molecule has 0 aromatic heterocycles. The molecule has 4 heterocycles. The van der Waals surface area contributed by atoms with Crippen molar-refractivity contribution in [3.63, 3.8) is 0 Å². The molecule has 8 nitrogen and oxygen atoms in total. The zero-order valence-electron chi connectivity index (χ0n) is 21.5. The number of rotatable bonds is 6. The number of nitrogens with zero attached hydrogens (tertiary/aromatic N) is 1. The van der Waals surface area contributed by atoms with Crippen molar-refractivity contribution in [1.29, 1.82) is 0 Å². The van der Waals surface area contributed by atoms with Crippen LogP contribution in [0.3, 0.4) is 0 Å². The van der Waals surface area contributed by atoms with Crippen molar-refractivity contribution in [2.24, 2.45) is 0 Å². The molecule has 0 radical (unpaired) electrons. The number of fused-ring (bicyclic) bond motifs is 1. The highest BCUT2D eigenvalue weighted by atomic mass is 16.8. The Labute approximate surface area is 217 Å². The van der Waals surface area contributed by atoms with Gasteiger partial charge in [0.15, 0.2) is 17.9 Å². The van der Waals surface area contributed by atoms with Gasteiger partial charge in [-0.25, -0.2) is 0 Å². The minimum atomic E-state index is -0.825. The fourth-order valence-corrected chi connectivity index (χ4v) is 5.60. The number of hydrogen-bond donors (Lipinski definition) is 0. The molecule has 4 fully saturated rings. The van der Waals surface area contributed by atoms with E-state index in [0.29, 0.717) is 12.4 Å². The van der Waals surface area contributed by atoms with Gasteiger partial charge in [-0.05, 0) is 45.4 Å². The fourth-order valence-electron chi connectivity index (χ4n) is 5.60. The van der Waals surface area contributed by atoms with Crippen LogP contribution in [0.15, 0.2) is 66.7 Å². The molecule has 4 aliphatic rings. The van der Waals surface area contributed by atoms with Gasteiger partial charge in [-0.2, -0.15) is 0 Å². The van der Waals surface area contributed by atoms with E-state index in [1.54, 1.807) is 0 Å². The van der Waals surface area contributed by atoms with E-state index in [0.717, 1.165) is 5.56 Å². The van der Waals surface area contributed by atoms with E-state index in [-0.39, 0.29) is 18.1 Å². The predicted octanol–water partition coefficient (Wildman–Crippen LogP) is 3.75. The van der Waals surface area contributed by atoms with E-state index in [2.05, 4.69) is 0 Å².